The maximum atomic E-state index is 13.9. The highest BCUT2D eigenvalue weighted by Gasteiger charge is 2.30. The molecule has 0 aliphatic carbocycles. The number of carbonyl (C=O) groups is 1. The fraction of sp³-hybridized carbons (Fsp3) is 0.355. The first kappa shape index (κ1) is 29.1. The van der Waals surface area contributed by atoms with E-state index >= 15 is 0 Å². The van der Waals surface area contributed by atoms with Crippen molar-refractivity contribution in [3.8, 4) is 0 Å². The van der Waals surface area contributed by atoms with Crippen molar-refractivity contribution in [3.05, 3.63) is 84.3 Å². The highest BCUT2D eigenvalue weighted by Crippen LogP contribution is 2.27. The average molecular weight is 607 g/mol. The second kappa shape index (κ2) is 12.3. The maximum Gasteiger partial charge on any atom is 0.273 e. The van der Waals surface area contributed by atoms with Crippen molar-refractivity contribution in [2.75, 3.05) is 30.6 Å². The summed E-state index contributed by atoms with van der Waals surface area (Å²) in [6.07, 6.45) is 6.99. The first-order chi connectivity index (χ1) is 20.8. The molecule has 2 aliphatic rings. The van der Waals surface area contributed by atoms with Crippen molar-refractivity contribution in [2.45, 2.75) is 60.7 Å². The third-order valence-electron chi connectivity index (χ3n) is 8.04. The minimum atomic E-state index is -3.95. The molecule has 2 atom stereocenters. The van der Waals surface area contributed by atoms with Gasteiger partial charge in [0.2, 0.25) is 9.84 Å². The number of hydrogen-bond acceptors (Lipinski definition) is 8. The Morgan fingerprint density at radius 3 is 2.60 bits per heavy atom. The summed E-state index contributed by atoms with van der Waals surface area (Å²) in [7, 11) is -1.94. The van der Waals surface area contributed by atoms with Gasteiger partial charge < -0.3 is 10.1 Å². The number of aromatic nitrogens is 2. The molecule has 3 heterocycles. The molecule has 0 bridgehead atoms. The van der Waals surface area contributed by atoms with Gasteiger partial charge in [-0.15, -0.1) is 0 Å². The number of rotatable bonds is 8. The Labute approximate surface area is 250 Å². The zero-order valence-corrected chi connectivity index (χ0v) is 24.8. The number of hydrogen-bond donors (Lipinski definition) is 2. The Morgan fingerprint density at radius 2 is 1.81 bits per heavy atom. The van der Waals surface area contributed by atoms with Gasteiger partial charge in [-0.1, -0.05) is 18.2 Å². The lowest BCUT2D eigenvalue weighted by molar-refractivity contribution is 0.0343. The van der Waals surface area contributed by atoms with Crippen LogP contribution in [-0.2, 0) is 14.6 Å². The molecule has 1 aromatic heterocycles. The normalized spacial score (nSPS) is 19.7. The molecule has 12 heteroatoms. The van der Waals surface area contributed by atoms with Crippen LogP contribution in [0.5, 0.6) is 0 Å². The van der Waals surface area contributed by atoms with Gasteiger partial charge in [0.1, 0.15) is 18.2 Å². The van der Waals surface area contributed by atoms with E-state index in [-0.39, 0.29) is 28.1 Å². The summed E-state index contributed by atoms with van der Waals surface area (Å²) >= 11 is 0. The third-order valence-corrected chi connectivity index (χ3v) is 9.79. The highest BCUT2D eigenvalue weighted by atomic mass is 32.2. The molecule has 1 amide bonds. The van der Waals surface area contributed by atoms with E-state index in [2.05, 4.69) is 20.7 Å². The Morgan fingerprint density at radius 1 is 1.00 bits per heavy atom. The molecular weight excluding hydrogens is 571 g/mol. The molecule has 43 heavy (non-hydrogen) atoms. The van der Waals surface area contributed by atoms with Crippen molar-refractivity contribution in [1.29, 1.82) is 0 Å². The summed E-state index contributed by atoms with van der Waals surface area (Å²) in [5.74, 6) is -0.937. The van der Waals surface area contributed by atoms with E-state index in [0.29, 0.717) is 28.8 Å². The SMILES string of the molecule is CN1CCCCC1N(NC(=O)c1ccccc1NC1CCCCO1)n1ncc2cc(S(=O)(=O)c3cccc(F)c3)ccc21. The fourth-order valence-electron chi connectivity index (χ4n) is 5.72. The van der Waals surface area contributed by atoms with Crippen molar-refractivity contribution < 1.29 is 22.3 Å². The van der Waals surface area contributed by atoms with Gasteiger partial charge in [-0.2, -0.15) is 15.0 Å². The summed E-state index contributed by atoms with van der Waals surface area (Å²) in [6.45, 7) is 1.54. The van der Waals surface area contributed by atoms with Crippen LogP contribution in [0.4, 0.5) is 10.1 Å². The lowest BCUT2D eigenvalue weighted by Crippen LogP contribution is -2.62. The lowest BCUT2D eigenvalue weighted by atomic mass is 10.1. The van der Waals surface area contributed by atoms with E-state index < -0.39 is 15.7 Å². The van der Waals surface area contributed by atoms with Gasteiger partial charge in [-0.05, 0) is 101 Å². The molecule has 226 valence electrons. The summed E-state index contributed by atoms with van der Waals surface area (Å²) in [4.78, 5) is 17.5. The van der Waals surface area contributed by atoms with Crippen LogP contribution in [0.25, 0.3) is 10.9 Å². The van der Waals surface area contributed by atoms with E-state index in [1.807, 2.05) is 25.2 Å². The Balaban J connectivity index is 1.33. The van der Waals surface area contributed by atoms with Gasteiger partial charge in [-0.3, -0.25) is 9.69 Å². The van der Waals surface area contributed by atoms with Crippen LogP contribution in [0.2, 0.25) is 0 Å². The Kier molecular flexibility index (Phi) is 8.33. The van der Waals surface area contributed by atoms with Gasteiger partial charge in [0.05, 0.1) is 27.1 Å². The number of sulfone groups is 1. The number of ether oxygens (including phenoxy) is 1. The molecule has 0 spiro atoms. The van der Waals surface area contributed by atoms with Crippen LogP contribution in [0, 0.1) is 5.82 Å². The first-order valence-electron chi connectivity index (χ1n) is 14.6. The summed E-state index contributed by atoms with van der Waals surface area (Å²) in [5.41, 5.74) is 4.86. The summed E-state index contributed by atoms with van der Waals surface area (Å²) in [5, 5.41) is 10.3. The molecule has 3 aromatic carbocycles. The molecule has 2 unspecified atom stereocenters. The number of amides is 1. The zero-order valence-electron chi connectivity index (χ0n) is 23.9. The number of nitrogens with zero attached hydrogens (tertiary/aromatic N) is 4. The quantitative estimate of drug-likeness (QED) is 0.279. The Bertz CT molecular complexity index is 1720. The minimum Gasteiger partial charge on any atom is -0.359 e. The monoisotopic (exact) mass is 606 g/mol. The van der Waals surface area contributed by atoms with Crippen molar-refractivity contribution in [2.24, 2.45) is 0 Å². The van der Waals surface area contributed by atoms with Crippen molar-refractivity contribution in [3.63, 3.8) is 0 Å². The van der Waals surface area contributed by atoms with Crippen LogP contribution < -0.4 is 15.9 Å². The summed E-state index contributed by atoms with van der Waals surface area (Å²) in [6, 6.07) is 17.0. The number of nitrogens with one attached hydrogen (secondary N) is 2. The molecule has 2 fully saturated rings. The largest absolute Gasteiger partial charge is 0.359 e. The van der Waals surface area contributed by atoms with Crippen LogP contribution in [0.1, 0.15) is 48.9 Å². The number of anilines is 1. The standard InChI is InChI=1S/C31H35FN6O4S/c1-36-17-6-4-14-30(36)38(35-31(39)26-11-2-3-12-27(26)34-29-13-5-7-18-42-29)37-28-16-15-25(19-22(28)21-33-37)43(40,41)24-10-8-9-23(32)20-24/h2-3,8-12,15-16,19-21,29-30,34H,4-7,13-14,17-18H2,1H3,(H,35,39). The molecule has 2 aliphatic heterocycles. The average Bonchev–Trinajstić information content (AvgIpc) is 3.44. The molecular formula is C31H35FN6O4S. The first-order valence-corrected chi connectivity index (χ1v) is 16.1. The number of hydrazine groups is 1. The predicted molar refractivity (Wildman–Crippen MR) is 161 cm³/mol. The summed E-state index contributed by atoms with van der Waals surface area (Å²) < 4.78 is 46.2. The molecule has 0 saturated carbocycles. The van der Waals surface area contributed by atoms with Gasteiger partial charge in [0, 0.05) is 17.7 Å². The number of benzene rings is 3. The number of fused-ring (bicyclic) bond motifs is 1. The van der Waals surface area contributed by atoms with Crippen molar-refractivity contribution in [1.82, 2.24) is 20.2 Å². The van der Waals surface area contributed by atoms with E-state index in [0.717, 1.165) is 51.1 Å². The van der Waals surface area contributed by atoms with Crippen LogP contribution in [0.15, 0.2) is 82.7 Å². The lowest BCUT2D eigenvalue weighted by Gasteiger charge is -2.41. The highest BCUT2D eigenvalue weighted by molar-refractivity contribution is 7.91. The minimum absolute atomic E-state index is 0.0282. The molecule has 4 aromatic rings. The van der Waals surface area contributed by atoms with E-state index in [1.165, 1.54) is 30.3 Å². The molecule has 2 N–H and O–H groups in total. The van der Waals surface area contributed by atoms with E-state index in [9.17, 15) is 17.6 Å². The van der Waals surface area contributed by atoms with Crippen LogP contribution >= 0.6 is 0 Å². The topological polar surface area (TPSA) is 109 Å². The second-order valence-electron chi connectivity index (χ2n) is 11.0. The third kappa shape index (κ3) is 6.08. The predicted octanol–water partition coefficient (Wildman–Crippen LogP) is 4.67. The van der Waals surface area contributed by atoms with Crippen molar-refractivity contribution >= 4 is 32.3 Å². The van der Waals surface area contributed by atoms with Crippen LogP contribution in [0.3, 0.4) is 0 Å². The number of piperidine rings is 1. The van der Waals surface area contributed by atoms with Gasteiger partial charge in [-0.25, -0.2) is 18.2 Å². The second-order valence-corrected chi connectivity index (χ2v) is 13.0. The zero-order chi connectivity index (χ0) is 30.0. The molecule has 2 saturated heterocycles. The van der Waals surface area contributed by atoms with E-state index in [1.54, 1.807) is 28.2 Å². The van der Waals surface area contributed by atoms with Crippen LogP contribution in [-0.4, -0.2) is 61.7 Å². The maximum absolute atomic E-state index is 13.9. The number of para-hydroxylation sites is 1. The fourth-order valence-corrected chi connectivity index (χ4v) is 7.05. The van der Waals surface area contributed by atoms with E-state index in [4.69, 9.17) is 4.74 Å². The van der Waals surface area contributed by atoms with Gasteiger partial charge in [0.25, 0.3) is 5.91 Å². The number of likely N-dealkylation sites (tertiary alicyclic amines) is 1. The Hall–Kier alpha value is -4.00. The smallest absolute Gasteiger partial charge is 0.273 e. The molecule has 0 radical (unpaired) electrons. The van der Waals surface area contributed by atoms with Gasteiger partial charge >= 0.3 is 0 Å². The number of halogens is 1. The number of carbonyl (C=O) groups excluding carboxylic acids is 1. The molecule has 10 nitrogen and oxygen atoms in total. The van der Waals surface area contributed by atoms with Gasteiger partial charge in [0.15, 0.2) is 0 Å². The molecule has 6 rings (SSSR count).